The topological polar surface area (TPSA) is 54.7 Å². The Morgan fingerprint density at radius 3 is 2.78 bits per heavy atom. The molecule has 18 heavy (non-hydrogen) atoms. The number of aromatic nitrogens is 3. The van der Waals surface area contributed by atoms with Crippen LogP contribution in [-0.2, 0) is 0 Å². The molecule has 2 heterocycles. The second-order valence-corrected chi connectivity index (χ2v) is 4.85. The van der Waals surface area contributed by atoms with Gasteiger partial charge in [0.15, 0.2) is 5.76 Å². The van der Waals surface area contributed by atoms with E-state index >= 15 is 0 Å². The maximum atomic E-state index is 5.76. The molecule has 92 valence electrons. The van der Waals surface area contributed by atoms with E-state index in [1.54, 1.807) is 0 Å². The fourth-order valence-electron chi connectivity index (χ4n) is 1.92. The first kappa shape index (κ1) is 11.0. The molecule has 0 radical (unpaired) electrons. The Morgan fingerprint density at radius 2 is 2.06 bits per heavy atom. The molecule has 0 aliphatic carbocycles. The monoisotopic (exact) mass is 241 g/mol. The highest BCUT2D eigenvalue weighted by molar-refractivity contribution is 5.82. The van der Waals surface area contributed by atoms with E-state index in [1.807, 2.05) is 18.2 Å². The van der Waals surface area contributed by atoms with Crippen molar-refractivity contribution >= 4 is 11.0 Å². The van der Waals surface area contributed by atoms with E-state index in [-0.39, 0.29) is 0 Å². The molecule has 1 aromatic carbocycles. The summed E-state index contributed by atoms with van der Waals surface area (Å²) in [4.78, 5) is 4.44. The molecular formula is C14H15N3O. The molecule has 0 saturated carbocycles. The van der Waals surface area contributed by atoms with Crippen LogP contribution in [0.5, 0.6) is 0 Å². The smallest absolute Gasteiger partial charge is 0.216 e. The van der Waals surface area contributed by atoms with Crippen molar-refractivity contribution in [3.05, 3.63) is 35.7 Å². The van der Waals surface area contributed by atoms with Gasteiger partial charge < -0.3 is 4.42 Å². The number of fused-ring (bicyclic) bond motifs is 1. The quantitative estimate of drug-likeness (QED) is 0.745. The summed E-state index contributed by atoms with van der Waals surface area (Å²) in [7, 11) is 0. The zero-order chi connectivity index (χ0) is 12.7. The minimum Gasteiger partial charge on any atom is -0.453 e. The summed E-state index contributed by atoms with van der Waals surface area (Å²) in [6, 6.07) is 8.09. The predicted octanol–water partition coefficient (Wildman–Crippen LogP) is 3.65. The predicted molar refractivity (Wildman–Crippen MR) is 70.4 cm³/mol. The van der Waals surface area contributed by atoms with E-state index < -0.39 is 0 Å². The summed E-state index contributed by atoms with van der Waals surface area (Å²) >= 11 is 0. The number of aryl methyl sites for hydroxylation is 1. The molecule has 2 aromatic heterocycles. The molecule has 1 N–H and O–H groups in total. The summed E-state index contributed by atoms with van der Waals surface area (Å²) in [6.45, 7) is 6.22. The van der Waals surface area contributed by atoms with Crippen LogP contribution in [0, 0.1) is 6.92 Å². The minimum absolute atomic E-state index is 0.331. The number of furan rings is 1. The van der Waals surface area contributed by atoms with Crippen LogP contribution in [0.2, 0.25) is 0 Å². The largest absolute Gasteiger partial charge is 0.453 e. The Kier molecular flexibility index (Phi) is 2.44. The Morgan fingerprint density at radius 1 is 1.22 bits per heavy atom. The number of hydrogen-bond donors (Lipinski definition) is 1. The summed E-state index contributed by atoms with van der Waals surface area (Å²) in [5.41, 5.74) is 2.08. The maximum absolute atomic E-state index is 5.76. The van der Waals surface area contributed by atoms with Gasteiger partial charge in [-0.3, -0.25) is 5.10 Å². The van der Waals surface area contributed by atoms with Gasteiger partial charge in [0.05, 0.1) is 0 Å². The van der Waals surface area contributed by atoms with Gasteiger partial charge in [0, 0.05) is 11.3 Å². The van der Waals surface area contributed by atoms with E-state index in [0.29, 0.717) is 17.5 Å². The van der Waals surface area contributed by atoms with Crippen molar-refractivity contribution in [2.45, 2.75) is 26.7 Å². The Hall–Kier alpha value is -2.10. The molecule has 0 aliphatic rings. The van der Waals surface area contributed by atoms with Gasteiger partial charge in [-0.05, 0) is 25.1 Å². The molecule has 0 saturated heterocycles. The van der Waals surface area contributed by atoms with Crippen molar-refractivity contribution < 1.29 is 4.42 Å². The van der Waals surface area contributed by atoms with E-state index in [4.69, 9.17) is 4.42 Å². The molecule has 0 aliphatic heterocycles. The third kappa shape index (κ3) is 1.79. The average molecular weight is 241 g/mol. The van der Waals surface area contributed by atoms with Crippen molar-refractivity contribution in [3.8, 4) is 11.6 Å². The lowest BCUT2D eigenvalue weighted by Gasteiger charge is -1.94. The van der Waals surface area contributed by atoms with E-state index in [0.717, 1.165) is 16.8 Å². The molecule has 0 bridgehead atoms. The van der Waals surface area contributed by atoms with Crippen molar-refractivity contribution in [2.24, 2.45) is 0 Å². The molecule has 0 spiro atoms. The van der Waals surface area contributed by atoms with Gasteiger partial charge in [0.25, 0.3) is 0 Å². The molecule has 3 rings (SSSR count). The lowest BCUT2D eigenvalue weighted by molar-refractivity contribution is 0.625. The van der Waals surface area contributed by atoms with Crippen molar-refractivity contribution in [2.75, 3.05) is 0 Å². The zero-order valence-electron chi connectivity index (χ0n) is 10.7. The highest BCUT2D eigenvalue weighted by Crippen LogP contribution is 2.26. The number of rotatable bonds is 2. The van der Waals surface area contributed by atoms with Crippen LogP contribution in [0.3, 0.4) is 0 Å². The van der Waals surface area contributed by atoms with Crippen LogP contribution in [0.4, 0.5) is 0 Å². The standard InChI is InChI=1S/C14H15N3O/c1-8(2)13-15-14(17-16-13)12-7-10-6-9(3)4-5-11(10)18-12/h4-8H,1-3H3,(H,15,16,17). The van der Waals surface area contributed by atoms with Crippen LogP contribution < -0.4 is 0 Å². The molecule has 4 heteroatoms. The zero-order valence-corrected chi connectivity index (χ0v) is 10.7. The fourth-order valence-corrected chi connectivity index (χ4v) is 1.92. The summed E-state index contributed by atoms with van der Waals surface area (Å²) in [6.07, 6.45) is 0. The van der Waals surface area contributed by atoms with Gasteiger partial charge in [0.2, 0.25) is 5.82 Å². The van der Waals surface area contributed by atoms with E-state index in [1.165, 1.54) is 5.56 Å². The Labute approximate surface area is 105 Å². The maximum Gasteiger partial charge on any atom is 0.216 e. The number of aromatic amines is 1. The third-order valence-electron chi connectivity index (χ3n) is 2.94. The number of H-pyrrole nitrogens is 1. The van der Waals surface area contributed by atoms with Gasteiger partial charge >= 0.3 is 0 Å². The molecule has 0 atom stereocenters. The third-order valence-corrected chi connectivity index (χ3v) is 2.94. The molecule has 4 nitrogen and oxygen atoms in total. The highest BCUT2D eigenvalue weighted by Gasteiger charge is 2.12. The second-order valence-electron chi connectivity index (χ2n) is 4.85. The summed E-state index contributed by atoms with van der Waals surface area (Å²) in [5, 5.41) is 8.22. The van der Waals surface area contributed by atoms with Gasteiger partial charge in [-0.2, -0.15) is 5.10 Å². The SMILES string of the molecule is Cc1ccc2oc(-c3n[nH]c(C(C)C)n3)cc2c1. The molecule has 0 amide bonds. The van der Waals surface area contributed by atoms with Gasteiger partial charge in [-0.25, -0.2) is 4.98 Å². The molecule has 0 unspecified atom stereocenters. The highest BCUT2D eigenvalue weighted by atomic mass is 16.3. The average Bonchev–Trinajstić information content (AvgIpc) is 2.93. The van der Waals surface area contributed by atoms with Gasteiger partial charge in [-0.15, -0.1) is 0 Å². The number of nitrogens with zero attached hydrogens (tertiary/aromatic N) is 2. The number of hydrogen-bond acceptors (Lipinski definition) is 3. The molecule has 3 aromatic rings. The first-order valence-electron chi connectivity index (χ1n) is 6.06. The van der Waals surface area contributed by atoms with Gasteiger partial charge in [-0.1, -0.05) is 25.5 Å². The lowest BCUT2D eigenvalue weighted by atomic mass is 10.2. The van der Waals surface area contributed by atoms with Crippen molar-refractivity contribution in [1.82, 2.24) is 15.2 Å². The number of nitrogens with one attached hydrogen (secondary N) is 1. The summed E-state index contributed by atoms with van der Waals surface area (Å²) in [5.74, 6) is 2.53. The minimum atomic E-state index is 0.331. The van der Waals surface area contributed by atoms with E-state index in [9.17, 15) is 0 Å². The molecule has 0 fully saturated rings. The van der Waals surface area contributed by atoms with E-state index in [2.05, 4.69) is 42.0 Å². The first-order chi connectivity index (χ1) is 8.63. The van der Waals surface area contributed by atoms with Crippen LogP contribution >= 0.6 is 0 Å². The Balaban J connectivity index is 2.07. The normalized spacial score (nSPS) is 11.6. The fraction of sp³-hybridized carbons (Fsp3) is 0.286. The van der Waals surface area contributed by atoms with Crippen molar-refractivity contribution in [3.63, 3.8) is 0 Å². The summed E-state index contributed by atoms with van der Waals surface area (Å²) < 4.78 is 5.76. The lowest BCUT2D eigenvalue weighted by Crippen LogP contribution is -1.89. The van der Waals surface area contributed by atoms with Crippen LogP contribution in [-0.4, -0.2) is 15.2 Å². The Bertz CT molecular complexity index is 694. The van der Waals surface area contributed by atoms with Crippen LogP contribution in [0.15, 0.2) is 28.7 Å². The first-order valence-corrected chi connectivity index (χ1v) is 6.06. The van der Waals surface area contributed by atoms with Crippen LogP contribution in [0.25, 0.3) is 22.6 Å². The second kappa shape index (κ2) is 3.98. The van der Waals surface area contributed by atoms with Crippen LogP contribution in [0.1, 0.15) is 31.2 Å². The number of benzene rings is 1. The molecular weight excluding hydrogens is 226 g/mol. The van der Waals surface area contributed by atoms with Crippen molar-refractivity contribution in [1.29, 1.82) is 0 Å². The van der Waals surface area contributed by atoms with Gasteiger partial charge in [0.1, 0.15) is 11.4 Å².